The number of aryl methyl sites for hydroxylation is 3. The molecule has 0 saturated carbocycles. The van der Waals surface area contributed by atoms with Crippen LogP contribution in [0.2, 0.25) is 0 Å². The molecular weight excluding hydrogens is 330 g/mol. The van der Waals surface area contributed by atoms with Crippen molar-refractivity contribution in [1.29, 1.82) is 0 Å². The van der Waals surface area contributed by atoms with E-state index in [0.717, 1.165) is 47.7 Å². The smallest absolute Gasteiger partial charge is 0.257 e. The van der Waals surface area contributed by atoms with Crippen LogP contribution in [-0.2, 0) is 7.05 Å². The van der Waals surface area contributed by atoms with Gasteiger partial charge in [-0.1, -0.05) is 11.2 Å². The van der Waals surface area contributed by atoms with Crippen molar-refractivity contribution in [3.63, 3.8) is 0 Å². The summed E-state index contributed by atoms with van der Waals surface area (Å²) in [5.74, 6) is 0.795. The van der Waals surface area contributed by atoms with Gasteiger partial charge in [0.15, 0.2) is 0 Å². The average Bonchev–Trinajstić information content (AvgIpc) is 3.35. The topological polar surface area (TPSA) is 77.0 Å². The summed E-state index contributed by atoms with van der Waals surface area (Å²) >= 11 is 0. The van der Waals surface area contributed by atoms with Crippen LogP contribution in [0.3, 0.4) is 0 Å². The Labute approximate surface area is 151 Å². The highest BCUT2D eigenvalue weighted by Gasteiger charge is 2.32. The number of pyridine rings is 1. The van der Waals surface area contributed by atoms with E-state index in [1.54, 1.807) is 17.1 Å². The Kier molecular flexibility index (Phi) is 4.06. The normalized spacial score (nSPS) is 17.0. The van der Waals surface area contributed by atoms with Gasteiger partial charge < -0.3 is 9.42 Å². The molecule has 26 heavy (non-hydrogen) atoms. The zero-order valence-corrected chi connectivity index (χ0v) is 15.1. The predicted octanol–water partition coefficient (Wildman–Crippen LogP) is 3.06. The van der Waals surface area contributed by atoms with Gasteiger partial charge in [0, 0.05) is 37.1 Å². The third-order valence-corrected chi connectivity index (χ3v) is 4.92. The molecule has 4 heterocycles. The summed E-state index contributed by atoms with van der Waals surface area (Å²) < 4.78 is 6.89. The first-order valence-electron chi connectivity index (χ1n) is 8.73. The second-order valence-corrected chi connectivity index (χ2v) is 6.73. The lowest BCUT2D eigenvalue weighted by Crippen LogP contribution is -2.30. The Balaban J connectivity index is 1.59. The van der Waals surface area contributed by atoms with E-state index >= 15 is 0 Å². The molecule has 0 spiro atoms. The molecule has 134 valence electrons. The number of carbonyl (C=O) groups excluding carboxylic acids is 1. The molecule has 0 radical (unpaired) electrons. The largest absolute Gasteiger partial charge is 0.361 e. The van der Waals surface area contributed by atoms with Gasteiger partial charge in [-0.25, -0.2) is 0 Å². The van der Waals surface area contributed by atoms with E-state index in [2.05, 4.69) is 15.2 Å². The Hall–Kier alpha value is -2.96. The minimum absolute atomic E-state index is 0.00132. The third kappa shape index (κ3) is 2.79. The van der Waals surface area contributed by atoms with Gasteiger partial charge in [0.1, 0.15) is 5.76 Å². The predicted molar refractivity (Wildman–Crippen MR) is 95.4 cm³/mol. The third-order valence-electron chi connectivity index (χ3n) is 4.92. The first-order chi connectivity index (χ1) is 12.5. The molecule has 0 aromatic carbocycles. The lowest BCUT2D eigenvalue weighted by Gasteiger charge is -2.24. The highest BCUT2D eigenvalue weighted by atomic mass is 16.5. The SMILES string of the molecule is Cc1noc(C)c1-c1ccc(C2CCCN2C(=O)c2cnn(C)c2)nc1. The van der Waals surface area contributed by atoms with Crippen LogP contribution in [0.5, 0.6) is 0 Å². The van der Waals surface area contributed by atoms with Gasteiger partial charge in [0.05, 0.1) is 29.2 Å². The second kappa shape index (κ2) is 6.40. The number of hydrogen-bond acceptors (Lipinski definition) is 5. The van der Waals surface area contributed by atoms with Gasteiger partial charge in [-0.3, -0.25) is 14.5 Å². The number of rotatable bonds is 3. The van der Waals surface area contributed by atoms with Gasteiger partial charge in [0.2, 0.25) is 0 Å². The lowest BCUT2D eigenvalue weighted by atomic mass is 10.0. The number of hydrogen-bond donors (Lipinski definition) is 0. The van der Waals surface area contributed by atoms with Gasteiger partial charge in [0.25, 0.3) is 5.91 Å². The monoisotopic (exact) mass is 351 g/mol. The molecule has 1 aliphatic rings. The molecule has 4 rings (SSSR count). The fourth-order valence-corrected chi connectivity index (χ4v) is 3.66. The molecule has 1 aliphatic heterocycles. The summed E-state index contributed by atoms with van der Waals surface area (Å²) in [6, 6.07) is 4.03. The van der Waals surface area contributed by atoms with E-state index < -0.39 is 0 Å². The van der Waals surface area contributed by atoms with Crippen molar-refractivity contribution < 1.29 is 9.32 Å². The number of nitrogens with zero attached hydrogens (tertiary/aromatic N) is 5. The molecule has 1 unspecified atom stereocenters. The maximum atomic E-state index is 12.8. The first-order valence-corrected chi connectivity index (χ1v) is 8.73. The molecule has 1 saturated heterocycles. The summed E-state index contributed by atoms with van der Waals surface area (Å²) in [5, 5.41) is 8.10. The molecule has 0 bridgehead atoms. The molecule has 1 atom stereocenters. The van der Waals surface area contributed by atoms with E-state index in [-0.39, 0.29) is 11.9 Å². The quantitative estimate of drug-likeness (QED) is 0.725. The van der Waals surface area contributed by atoms with Gasteiger partial charge >= 0.3 is 0 Å². The fourth-order valence-electron chi connectivity index (χ4n) is 3.66. The second-order valence-electron chi connectivity index (χ2n) is 6.73. The van der Waals surface area contributed by atoms with Crippen molar-refractivity contribution >= 4 is 5.91 Å². The fraction of sp³-hybridized carbons (Fsp3) is 0.368. The molecule has 3 aromatic rings. The van der Waals surface area contributed by atoms with Crippen LogP contribution < -0.4 is 0 Å². The summed E-state index contributed by atoms with van der Waals surface area (Å²) in [6.07, 6.45) is 7.11. The molecule has 1 fully saturated rings. The molecule has 0 N–H and O–H groups in total. The van der Waals surface area contributed by atoms with Crippen LogP contribution >= 0.6 is 0 Å². The van der Waals surface area contributed by atoms with Crippen LogP contribution in [0.1, 0.15) is 46.4 Å². The minimum Gasteiger partial charge on any atom is -0.361 e. The van der Waals surface area contributed by atoms with Crippen LogP contribution in [-0.4, -0.2) is 37.3 Å². The zero-order valence-electron chi connectivity index (χ0n) is 15.1. The van der Waals surface area contributed by atoms with Crippen molar-refractivity contribution in [1.82, 2.24) is 24.8 Å². The summed E-state index contributed by atoms with van der Waals surface area (Å²) in [4.78, 5) is 19.4. The Morgan fingerprint density at radius 1 is 1.27 bits per heavy atom. The maximum absolute atomic E-state index is 12.8. The van der Waals surface area contributed by atoms with E-state index in [1.807, 2.05) is 44.1 Å². The Morgan fingerprint density at radius 2 is 2.12 bits per heavy atom. The van der Waals surface area contributed by atoms with Gasteiger partial charge in [-0.15, -0.1) is 0 Å². The Morgan fingerprint density at radius 3 is 2.73 bits per heavy atom. The highest BCUT2D eigenvalue weighted by molar-refractivity contribution is 5.94. The zero-order chi connectivity index (χ0) is 18.3. The molecule has 0 aliphatic carbocycles. The van der Waals surface area contributed by atoms with Crippen molar-refractivity contribution in [3.05, 3.63) is 53.4 Å². The summed E-state index contributed by atoms with van der Waals surface area (Å²) in [6.45, 7) is 4.56. The molecule has 7 nitrogen and oxygen atoms in total. The molecule has 1 amide bonds. The van der Waals surface area contributed by atoms with Crippen molar-refractivity contribution in [2.75, 3.05) is 6.54 Å². The highest BCUT2D eigenvalue weighted by Crippen LogP contribution is 2.33. The standard InChI is InChI=1S/C19H21N5O2/c1-12-18(13(2)26-22-12)14-6-7-16(20-9-14)17-5-4-8-24(17)19(25)15-10-21-23(3)11-15/h6-7,9-11,17H,4-5,8H2,1-3H3. The van der Waals surface area contributed by atoms with E-state index in [9.17, 15) is 4.79 Å². The minimum atomic E-state index is 0.00132. The van der Waals surface area contributed by atoms with E-state index in [0.29, 0.717) is 5.56 Å². The molecular formula is C19H21N5O2. The van der Waals surface area contributed by atoms with Crippen LogP contribution in [0.25, 0.3) is 11.1 Å². The van der Waals surface area contributed by atoms with Crippen LogP contribution in [0.15, 0.2) is 35.2 Å². The molecule has 7 heteroatoms. The van der Waals surface area contributed by atoms with Gasteiger partial charge in [-0.2, -0.15) is 5.10 Å². The lowest BCUT2D eigenvalue weighted by molar-refractivity contribution is 0.0733. The molecule has 3 aromatic heterocycles. The number of amides is 1. The maximum Gasteiger partial charge on any atom is 0.257 e. The van der Waals surface area contributed by atoms with Crippen LogP contribution in [0.4, 0.5) is 0 Å². The van der Waals surface area contributed by atoms with Crippen molar-refractivity contribution in [3.8, 4) is 11.1 Å². The summed E-state index contributed by atoms with van der Waals surface area (Å²) in [7, 11) is 1.81. The van der Waals surface area contributed by atoms with E-state index in [4.69, 9.17) is 4.52 Å². The first kappa shape index (κ1) is 16.5. The Bertz CT molecular complexity index is 922. The van der Waals surface area contributed by atoms with Crippen molar-refractivity contribution in [2.45, 2.75) is 32.7 Å². The van der Waals surface area contributed by atoms with Crippen molar-refractivity contribution in [2.24, 2.45) is 7.05 Å². The van der Waals surface area contributed by atoms with Crippen LogP contribution in [0, 0.1) is 13.8 Å². The number of carbonyl (C=O) groups is 1. The average molecular weight is 351 g/mol. The number of aromatic nitrogens is 4. The number of likely N-dealkylation sites (tertiary alicyclic amines) is 1. The summed E-state index contributed by atoms with van der Waals surface area (Å²) in [5.41, 5.74) is 4.35. The van der Waals surface area contributed by atoms with E-state index in [1.165, 1.54) is 0 Å². The van der Waals surface area contributed by atoms with Gasteiger partial charge in [-0.05, 0) is 32.8 Å².